The van der Waals surface area contributed by atoms with Gasteiger partial charge in [-0.05, 0) is 30.3 Å². The first-order chi connectivity index (χ1) is 14.0. The molecule has 0 radical (unpaired) electrons. The minimum Gasteiger partial charge on any atom is -0.495 e. The fourth-order valence-corrected chi connectivity index (χ4v) is 3.57. The largest absolute Gasteiger partial charge is 0.495 e. The predicted octanol–water partition coefficient (Wildman–Crippen LogP) is 2.93. The summed E-state index contributed by atoms with van der Waals surface area (Å²) in [5.74, 6) is 0.184. The second kappa shape index (κ2) is 9.41. The van der Waals surface area contributed by atoms with Crippen molar-refractivity contribution in [2.45, 2.75) is 13.3 Å². The Morgan fingerprint density at radius 3 is 2.45 bits per heavy atom. The van der Waals surface area contributed by atoms with Crippen LogP contribution in [0.25, 0.3) is 0 Å². The first-order valence-electron chi connectivity index (χ1n) is 9.69. The maximum atomic E-state index is 13.5. The lowest BCUT2D eigenvalue weighted by molar-refractivity contribution is -0.131. The van der Waals surface area contributed by atoms with Gasteiger partial charge in [-0.3, -0.25) is 9.59 Å². The number of rotatable bonds is 6. The third-order valence-electron chi connectivity index (χ3n) is 5.11. The van der Waals surface area contributed by atoms with Crippen LogP contribution in [0, 0.1) is 5.82 Å². The molecule has 2 aromatic carbocycles. The monoisotopic (exact) mass is 399 g/mol. The lowest BCUT2D eigenvalue weighted by atomic mass is 10.2. The number of carbonyl (C=O) groups excluding carboxylic acids is 2. The summed E-state index contributed by atoms with van der Waals surface area (Å²) in [6.45, 7) is 4.29. The standard InChI is InChI=1S/C22H26FN3O3/c1-17(27)26(19-7-5-6-18(23)16-19)11-10-22(28)25-14-12-24(13-15-25)20-8-3-4-9-21(20)29-2/h3-9,16H,10-15H2,1-2H3. The van der Waals surface area contributed by atoms with Crippen molar-refractivity contribution in [1.82, 2.24) is 4.90 Å². The highest BCUT2D eigenvalue weighted by atomic mass is 19.1. The van der Waals surface area contributed by atoms with E-state index in [9.17, 15) is 14.0 Å². The zero-order chi connectivity index (χ0) is 20.8. The molecule has 1 fully saturated rings. The molecule has 0 saturated carbocycles. The third kappa shape index (κ3) is 5.04. The number of benzene rings is 2. The number of hydrogen-bond donors (Lipinski definition) is 0. The normalized spacial score (nSPS) is 13.9. The van der Waals surface area contributed by atoms with Crippen LogP contribution in [0.15, 0.2) is 48.5 Å². The molecular formula is C22H26FN3O3. The first-order valence-corrected chi connectivity index (χ1v) is 9.69. The topological polar surface area (TPSA) is 53.1 Å². The van der Waals surface area contributed by atoms with Crippen LogP contribution in [0.1, 0.15) is 13.3 Å². The lowest BCUT2D eigenvalue weighted by Crippen LogP contribution is -2.49. The Morgan fingerprint density at radius 2 is 1.79 bits per heavy atom. The molecule has 1 heterocycles. The summed E-state index contributed by atoms with van der Waals surface area (Å²) in [6, 6.07) is 13.7. The van der Waals surface area contributed by atoms with E-state index in [1.807, 2.05) is 29.2 Å². The second-order valence-electron chi connectivity index (χ2n) is 6.94. The van der Waals surface area contributed by atoms with Gasteiger partial charge in [-0.2, -0.15) is 0 Å². The Bertz CT molecular complexity index is 866. The zero-order valence-corrected chi connectivity index (χ0v) is 16.8. The highest BCUT2D eigenvalue weighted by Gasteiger charge is 2.23. The van der Waals surface area contributed by atoms with Gasteiger partial charge in [-0.1, -0.05) is 18.2 Å². The van der Waals surface area contributed by atoms with Gasteiger partial charge in [0.25, 0.3) is 0 Å². The van der Waals surface area contributed by atoms with Crippen molar-refractivity contribution in [1.29, 1.82) is 0 Å². The average molecular weight is 399 g/mol. The molecule has 6 nitrogen and oxygen atoms in total. The number of anilines is 2. The molecule has 1 saturated heterocycles. The summed E-state index contributed by atoms with van der Waals surface area (Å²) in [5, 5.41) is 0. The van der Waals surface area contributed by atoms with Gasteiger partial charge in [0.1, 0.15) is 11.6 Å². The number of nitrogens with zero attached hydrogens (tertiary/aromatic N) is 3. The highest BCUT2D eigenvalue weighted by molar-refractivity contribution is 5.92. The molecule has 1 aliphatic rings. The summed E-state index contributed by atoms with van der Waals surface area (Å²) in [4.78, 5) is 30.1. The van der Waals surface area contributed by atoms with Crippen LogP contribution in [-0.2, 0) is 9.59 Å². The number of piperazine rings is 1. The molecule has 2 amide bonds. The number of amides is 2. The van der Waals surface area contributed by atoms with Crippen molar-refractivity contribution in [2.24, 2.45) is 0 Å². The van der Waals surface area contributed by atoms with Crippen molar-refractivity contribution in [3.63, 3.8) is 0 Å². The van der Waals surface area contributed by atoms with Gasteiger partial charge in [0.2, 0.25) is 11.8 Å². The molecule has 154 valence electrons. The zero-order valence-electron chi connectivity index (χ0n) is 16.8. The fourth-order valence-electron chi connectivity index (χ4n) is 3.57. The Balaban J connectivity index is 1.56. The number of para-hydroxylation sites is 2. The van der Waals surface area contributed by atoms with Crippen LogP contribution in [0.5, 0.6) is 5.75 Å². The van der Waals surface area contributed by atoms with E-state index in [0.717, 1.165) is 11.4 Å². The molecular weight excluding hydrogens is 373 g/mol. The highest BCUT2D eigenvalue weighted by Crippen LogP contribution is 2.28. The van der Waals surface area contributed by atoms with Crippen molar-refractivity contribution in [2.75, 3.05) is 49.6 Å². The van der Waals surface area contributed by atoms with Crippen LogP contribution in [0.4, 0.5) is 15.8 Å². The minimum absolute atomic E-state index is 0.00710. The maximum Gasteiger partial charge on any atom is 0.224 e. The van der Waals surface area contributed by atoms with Crippen LogP contribution in [0.3, 0.4) is 0 Å². The minimum atomic E-state index is -0.410. The maximum absolute atomic E-state index is 13.5. The molecule has 3 rings (SSSR count). The molecule has 7 heteroatoms. The predicted molar refractivity (Wildman–Crippen MR) is 111 cm³/mol. The van der Waals surface area contributed by atoms with Crippen molar-refractivity contribution in [3.05, 3.63) is 54.3 Å². The van der Waals surface area contributed by atoms with Crippen molar-refractivity contribution >= 4 is 23.2 Å². The van der Waals surface area contributed by atoms with Gasteiger partial charge in [0, 0.05) is 51.8 Å². The molecule has 1 aliphatic heterocycles. The molecule has 0 atom stereocenters. The van der Waals surface area contributed by atoms with E-state index in [0.29, 0.717) is 31.9 Å². The fraction of sp³-hybridized carbons (Fsp3) is 0.364. The second-order valence-corrected chi connectivity index (χ2v) is 6.94. The molecule has 29 heavy (non-hydrogen) atoms. The van der Waals surface area contributed by atoms with E-state index < -0.39 is 5.82 Å². The van der Waals surface area contributed by atoms with Crippen LogP contribution >= 0.6 is 0 Å². The number of carbonyl (C=O) groups is 2. The van der Waals surface area contributed by atoms with Gasteiger partial charge in [0.15, 0.2) is 0 Å². The summed E-state index contributed by atoms with van der Waals surface area (Å²) in [5.41, 5.74) is 1.49. The van der Waals surface area contributed by atoms with E-state index in [-0.39, 0.29) is 24.8 Å². The average Bonchev–Trinajstić information content (AvgIpc) is 2.73. The Hall–Kier alpha value is -3.09. The molecule has 0 bridgehead atoms. The molecule has 0 aliphatic carbocycles. The number of ether oxygens (including phenoxy) is 1. The number of halogens is 1. The SMILES string of the molecule is COc1ccccc1N1CCN(C(=O)CCN(C(C)=O)c2cccc(F)c2)CC1. The van der Waals surface area contributed by atoms with Gasteiger partial charge in [-0.15, -0.1) is 0 Å². The summed E-state index contributed by atoms with van der Waals surface area (Å²) in [6.07, 6.45) is 0.199. The number of hydrogen-bond acceptors (Lipinski definition) is 4. The molecule has 0 spiro atoms. The van der Waals surface area contributed by atoms with Gasteiger partial charge in [-0.25, -0.2) is 4.39 Å². The van der Waals surface area contributed by atoms with Crippen LogP contribution in [0.2, 0.25) is 0 Å². The molecule has 0 aromatic heterocycles. The van der Waals surface area contributed by atoms with E-state index in [1.54, 1.807) is 19.2 Å². The lowest BCUT2D eigenvalue weighted by Gasteiger charge is -2.37. The first kappa shape index (κ1) is 20.6. The van der Waals surface area contributed by atoms with Gasteiger partial charge in [0.05, 0.1) is 12.8 Å². The molecule has 0 N–H and O–H groups in total. The van der Waals surface area contributed by atoms with E-state index >= 15 is 0 Å². The Kier molecular flexibility index (Phi) is 6.69. The summed E-state index contributed by atoms with van der Waals surface area (Å²) in [7, 11) is 1.65. The molecule has 0 unspecified atom stereocenters. The van der Waals surface area contributed by atoms with Crippen molar-refractivity contribution in [3.8, 4) is 5.75 Å². The van der Waals surface area contributed by atoms with Gasteiger partial charge >= 0.3 is 0 Å². The smallest absolute Gasteiger partial charge is 0.224 e. The van der Waals surface area contributed by atoms with Crippen LogP contribution < -0.4 is 14.5 Å². The van der Waals surface area contributed by atoms with Gasteiger partial charge < -0.3 is 19.4 Å². The van der Waals surface area contributed by atoms with E-state index in [1.165, 1.54) is 24.0 Å². The van der Waals surface area contributed by atoms with E-state index in [2.05, 4.69) is 4.90 Å². The Morgan fingerprint density at radius 1 is 1.07 bits per heavy atom. The Labute approximate surface area is 170 Å². The van der Waals surface area contributed by atoms with Crippen LogP contribution in [-0.4, -0.2) is 56.5 Å². The van der Waals surface area contributed by atoms with E-state index in [4.69, 9.17) is 4.74 Å². The summed E-state index contributed by atoms with van der Waals surface area (Å²) >= 11 is 0. The quantitative estimate of drug-likeness (QED) is 0.750. The third-order valence-corrected chi connectivity index (χ3v) is 5.11. The number of methoxy groups -OCH3 is 1. The molecule has 2 aromatic rings. The summed E-state index contributed by atoms with van der Waals surface area (Å²) < 4.78 is 18.9. The van der Waals surface area contributed by atoms with Crippen molar-refractivity contribution < 1.29 is 18.7 Å².